The molecule has 1 aliphatic carbocycles. The Labute approximate surface area is 178 Å². The molecule has 0 aromatic carbocycles. The zero-order valence-corrected chi connectivity index (χ0v) is 18.5. The summed E-state index contributed by atoms with van der Waals surface area (Å²) in [5.41, 5.74) is 1.14. The first-order valence-electron chi connectivity index (χ1n) is 9.66. The minimum atomic E-state index is 0. The van der Waals surface area contributed by atoms with Gasteiger partial charge in [-0.3, -0.25) is 9.56 Å². The van der Waals surface area contributed by atoms with E-state index in [1.807, 2.05) is 43.2 Å². The number of likely N-dealkylation sites (tertiary alicyclic amines) is 1. The van der Waals surface area contributed by atoms with Crippen molar-refractivity contribution < 1.29 is 0 Å². The zero-order valence-electron chi connectivity index (χ0n) is 16.1. The predicted molar refractivity (Wildman–Crippen MR) is 119 cm³/mol. The van der Waals surface area contributed by atoms with E-state index in [1.54, 1.807) is 0 Å². The van der Waals surface area contributed by atoms with Gasteiger partial charge in [0.1, 0.15) is 11.6 Å². The highest BCUT2D eigenvalue weighted by molar-refractivity contribution is 14.0. The van der Waals surface area contributed by atoms with Crippen LogP contribution < -0.4 is 5.32 Å². The van der Waals surface area contributed by atoms with Crippen LogP contribution in [0.3, 0.4) is 0 Å². The van der Waals surface area contributed by atoms with Gasteiger partial charge in [-0.15, -0.1) is 24.0 Å². The molecular weight excluding hydrogens is 451 g/mol. The maximum atomic E-state index is 4.57. The molecule has 0 amide bonds. The van der Waals surface area contributed by atoms with Gasteiger partial charge >= 0.3 is 0 Å². The second kappa shape index (κ2) is 9.03. The van der Waals surface area contributed by atoms with Gasteiger partial charge in [0, 0.05) is 50.8 Å². The van der Waals surface area contributed by atoms with Crippen LogP contribution in [0.1, 0.15) is 37.1 Å². The lowest BCUT2D eigenvalue weighted by molar-refractivity contribution is 0.299. The average molecular weight is 480 g/mol. The van der Waals surface area contributed by atoms with Crippen LogP contribution in [-0.4, -0.2) is 45.5 Å². The summed E-state index contributed by atoms with van der Waals surface area (Å²) in [6.45, 7) is 4.99. The van der Waals surface area contributed by atoms with Crippen LogP contribution in [0.5, 0.6) is 0 Å². The van der Waals surface area contributed by atoms with Gasteiger partial charge in [0.25, 0.3) is 0 Å². The fourth-order valence-corrected chi connectivity index (χ4v) is 4.47. The van der Waals surface area contributed by atoms with Crippen LogP contribution in [0.4, 0.5) is 0 Å². The molecule has 6 nitrogen and oxygen atoms in total. The van der Waals surface area contributed by atoms with Gasteiger partial charge in [0.05, 0.1) is 0 Å². The number of aromatic nitrogens is 3. The first-order valence-corrected chi connectivity index (χ1v) is 9.66. The molecule has 0 bridgehead atoms. The van der Waals surface area contributed by atoms with E-state index in [9.17, 15) is 0 Å². The van der Waals surface area contributed by atoms with Crippen LogP contribution in [-0.2, 0) is 6.54 Å². The lowest BCUT2D eigenvalue weighted by Gasteiger charge is -2.22. The summed E-state index contributed by atoms with van der Waals surface area (Å²) in [7, 11) is 1.88. The molecule has 2 aromatic rings. The molecular formula is C20H29IN6. The molecule has 1 saturated carbocycles. The van der Waals surface area contributed by atoms with Crippen molar-refractivity contribution in [2.75, 3.05) is 20.1 Å². The summed E-state index contributed by atoms with van der Waals surface area (Å²) in [6.07, 6.45) is 11.1. The van der Waals surface area contributed by atoms with Crippen molar-refractivity contribution in [1.82, 2.24) is 24.8 Å². The number of fused-ring (bicyclic) bond motifs is 1. The fraction of sp³-hybridized carbons (Fsp3) is 0.550. The Morgan fingerprint density at radius 1 is 1.19 bits per heavy atom. The molecule has 2 unspecified atom stereocenters. The Bertz CT molecular complexity index is 772. The third-order valence-corrected chi connectivity index (χ3v) is 5.85. The first kappa shape index (κ1) is 20.1. The van der Waals surface area contributed by atoms with Crippen molar-refractivity contribution in [1.29, 1.82) is 0 Å². The number of nitrogens with zero attached hydrogens (tertiary/aromatic N) is 5. The van der Waals surface area contributed by atoms with Gasteiger partial charge in [0.2, 0.25) is 0 Å². The van der Waals surface area contributed by atoms with Crippen molar-refractivity contribution in [2.24, 2.45) is 16.8 Å². The van der Waals surface area contributed by atoms with E-state index >= 15 is 0 Å². The largest absolute Gasteiger partial charge is 0.352 e. The number of imidazole rings is 1. The van der Waals surface area contributed by atoms with Crippen LogP contribution in [0.15, 0.2) is 35.7 Å². The van der Waals surface area contributed by atoms with E-state index in [0.717, 1.165) is 48.1 Å². The Morgan fingerprint density at radius 3 is 2.56 bits per heavy atom. The highest BCUT2D eigenvalue weighted by Gasteiger charge is 2.35. The molecule has 146 valence electrons. The van der Waals surface area contributed by atoms with Gasteiger partial charge in [-0.1, -0.05) is 18.9 Å². The summed E-state index contributed by atoms with van der Waals surface area (Å²) in [6, 6.07) is 4.10. The normalized spacial score (nSPS) is 22.3. The Hall–Kier alpha value is -1.64. The molecule has 0 spiro atoms. The summed E-state index contributed by atoms with van der Waals surface area (Å²) in [5.74, 6) is 4.59. The smallest absolute Gasteiger partial charge is 0.193 e. The molecule has 1 aliphatic heterocycles. The lowest BCUT2D eigenvalue weighted by atomic mass is 9.82. The van der Waals surface area contributed by atoms with E-state index in [1.165, 1.54) is 25.7 Å². The number of guanidine groups is 1. The molecule has 27 heavy (non-hydrogen) atoms. The monoisotopic (exact) mass is 480 g/mol. The molecule has 1 N–H and O–H groups in total. The van der Waals surface area contributed by atoms with E-state index in [-0.39, 0.29) is 24.0 Å². The van der Waals surface area contributed by atoms with Gasteiger partial charge in [-0.25, -0.2) is 9.97 Å². The summed E-state index contributed by atoms with van der Waals surface area (Å²) < 4.78 is 2.03. The molecule has 7 heteroatoms. The maximum Gasteiger partial charge on any atom is 0.193 e. The van der Waals surface area contributed by atoms with E-state index in [0.29, 0.717) is 6.54 Å². The maximum absolute atomic E-state index is 4.57. The van der Waals surface area contributed by atoms with Crippen molar-refractivity contribution in [3.05, 3.63) is 42.1 Å². The highest BCUT2D eigenvalue weighted by Crippen LogP contribution is 2.35. The van der Waals surface area contributed by atoms with Crippen LogP contribution >= 0.6 is 24.0 Å². The number of hydrogen-bond donors (Lipinski definition) is 1. The van der Waals surface area contributed by atoms with Crippen LogP contribution in [0.2, 0.25) is 0 Å². The van der Waals surface area contributed by atoms with E-state index in [2.05, 4.69) is 31.2 Å². The summed E-state index contributed by atoms with van der Waals surface area (Å²) >= 11 is 0. The Morgan fingerprint density at radius 2 is 1.93 bits per heavy atom. The number of aryl methyl sites for hydroxylation is 1. The Kier molecular flexibility index (Phi) is 6.73. The van der Waals surface area contributed by atoms with Gasteiger partial charge < -0.3 is 10.2 Å². The number of hydrogen-bond acceptors (Lipinski definition) is 3. The fourth-order valence-electron chi connectivity index (χ4n) is 4.47. The molecule has 2 atom stereocenters. The topological polar surface area (TPSA) is 58.3 Å². The summed E-state index contributed by atoms with van der Waals surface area (Å²) in [4.78, 5) is 15.9. The number of aliphatic imine (C=N–C) groups is 1. The van der Waals surface area contributed by atoms with Crippen molar-refractivity contribution in [2.45, 2.75) is 39.2 Å². The second-order valence-corrected chi connectivity index (χ2v) is 7.44. The minimum Gasteiger partial charge on any atom is -0.352 e. The van der Waals surface area contributed by atoms with Crippen LogP contribution in [0, 0.1) is 18.8 Å². The molecule has 2 fully saturated rings. The third kappa shape index (κ3) is 4.28. The minimum absolute atomic E-state index is 0. The van der Waals surface area contributed by atoms with Gasteiger partial charge in [0.15, 0.2) is 5.96 Å². The highest BCUT2D eigenvalue weighted by atomic mass is 127. The first-order chi connectivity index (χ1) is 12.8. The average Bonchev–Trinajstić information content (AvgIpc) is 3.28. The molecule has 2 aromatic heterocycles. The zero-order chi connectivity index (χ0) is 17.9. The lowest BCUT2D eigenvalue weighted by Crippen LogP contribution is -2.40. The number of rotatable bonds is 3. The Balaban J connectivity index is 0.00000210. The molecule has 4 rings (SSSR count). The van der Waals surface area contributed by atoms with Crippen molar-refractivity contribution in [3.8, 4) is 5.82 Å². The molecule has 0 radical (unpaired) electrons. The third-order valence-electron chi connectivity index (χ3n) is 5.85. The SMILES string of the molecule is CN=C(NCc1cccnc1-n1ccnc1C)N1CC2CCCCC2C1.I. The molecule has 1 saturated heterocycles. The molecule has 3 heterocycles. The summed E-state index contributed by atoms with van der Waals surface area (Å²) in [5, 5.41) is 3.56. The molecule has 2 aliphatic rings. The van der Waals surface area contributed by atoms with Gasteiger partial charge in [-0.2, -0.15) is 0 Å². The second-order valence-electron chi connectivity index (χ2n) is 7.44. The number of pyridine rings is 1. The quantitative estimate of drug-likeness (QED) is 0.416. The van der Waals surface area contributed by atoms with E-state index in [4.69, 9.17) is 0 Å². The van der Waals surface area contributed by atoms with Crippen molar-refractivity contribution >= 4 is 29.9 Å². The van der Waals surface area contributed by atoms with Crippen molar-refractivity contribution in [3.63, 3.8) is 0 Å². The van der Waals surface area contributed by atoms with E-state index < -0.39 is 0 Å². The standard InChI is InChI=1S/C20H28N6.HI/c1-15-22-10-11-26(15)19-16(8-5-9-23-19)12-24-20(21-2)25-13-17-6-3-4-7-18(17)14-25;/h5,8-11,17-18H,3-4,6-7,12-14H2,1-2H3,(H,21,24);1H. The van der Waals surface area contributed by atoms with Crippen LogP contribution in [0.25, 0.3) is 5.82 Å². The number of nitrogens with one attached hydrogen (secondary N) is 1. The number of halogens is 1. The predicted octanol–water partition coefficient (Wildman–Crippen LogP) is 3.39. The van der Waals surface area contributed by atoms with Gasteiger partial charge in [-0.05, 0) is 37.7 Å².